The number of halogens is 4. The fourth-order valence-corrected chi connectivity index (χ4v) is 3.44. The number of nitrogens with zero attached hydrogens (tertiary/aromatic N) is 1. The van der Waals surface area contributed by atoms with Crippen molar-refractivity contribution in [2.75, 3.05) is 0 Å². The van der Waals surface area contributed by atoms with Crippen molar-refractivity contribution in [3.8, 4) is 11.3 Å². The molecule has 0 aliphatic carbocycles. The third-order valence-electron chi connectivity index (χ3n) is 4.10. The maximum absolute atomic E-state index is 13.1. The number of carbonyl (C=O) groups is 1. The van der Waals surface area contributed by atoms with Gasteiger partial charge in [-0.3, -0.25) is 4.79 Å². The number of aliphatic imine (C=N–C) groups is 1. The largest absolute Gasteiger partial charge is 0.457 e. The molecule has 4 nitrogen and oxygen atoms in total. The second-order valence-electron chi connectivity index (χ2n) is 6.24. The molecule has 30 heavy (non-hydrogen) atoms. The van der Waals surface area contributed by atoms with Crippen molar-refractivity contribution in [3.05, 3.63) is 82.7 Å². The Labute approximate surface area is 172 Å². The van der Waals surface area contributed by atoms with E-state index in [9.17, 15) is 22.4 Å². The summed E-state index contributed by atoms with van der Waals surface area (Å²) in [7, 11) is 0. The SMILES string of the molecule is O=C1NC(=Nc2ccc(F)cc2)/C(=C/c2ccc(-c3cccc(C(F)(F)F)c3)o2)S1. The number of rotatable bonds is 3. The molecule has 0 bridgehead atoms. The second-order valence-corrected chi connectivity index (χ2v) is 7.26. The summed E-state index contributed by atoms with van der Waals surface area (Å²) in [5.74, 6) is 0.464. The quantitative estimate of drug-likeness (QED) is 0.473. The summed E-state index contributed by atoms with van der Waals surface area (Å²) in [6.45, 7) is 0. The molecule has 1 aromatic heterocycles. The second kappa shape index (κ2) is 7.83. The standard InChI is InChI=1S/C21H12F4N2O2S/c22-14-4-6-15(7-5-14)26-19-18(30-20(28)27-19)11-16-8-9-17(29-16)12-2-1-3-13(10-12)21(23,24)25/h1-11H,(H,26,27,28)/b18-11-. The molecule has 1 fully saturated rings. The molecular formula is C21H12F4N2O2S. The van der Waals surface area contributed by atoms with Crippen LogP contribution in [-0.4, -0.2) is 11.1 Å². The zero-order valence-corrected chi connectivity index (χ0v) is 15.9. The van der Waals surface area contributed by atoms with Crippen LogP contribution in [0.4, 0.5) is 28.0 Å². The molecule has 2 heterocycles. The van der Waals surface area contributed by atoms with Gasteiger partial charge in [0.25, 0.3) is 5.24 Å². The molecule has 9 heteroatoms. The van der Waals surface area contributed by atoms with Gasteiger partial charge >= 0.3 is 6.18 Å². The molecule has 1 aliphatic heterocycles. The van der Waals surface area contributed by atoms with Crippen molar-refractivity contribution in [2.45, 2.75) is 6.18 Å². The van der Waals surface area contributed by atoms with Gasteiger partial charge in [0.2, 0.25) is 0 Å². The monoisotopic (exact) mass is 432 g/mol. The van der Waals surface area contributed by atoms with Crippen LogP contribution >= 0.6 is 11.8 Å². The van der Waals surface area contributed by atoms with Gasteiger partial charge in [0.1, 0.15) is 23.2 Å². The number of benzene rings is 2. The first-order valence-corrected chi connectivity index (χ1v) is 9.42. The lowest BCUT2D eigenvalue weighted by Crippen LogP contribution is -2.18. The third-order valence-corrected chi connectivity index (χ3v) is 4.92. The van der Waals surface area contributed by atoms with Crippen LogP contribution in [0.15, 0.2) is 75.0 Å². The Morgan fingerprint density at radius 2 is 1.80 bits per heavy atom. The normalized spacial score (nSPS) is 17.0. The highest BCUT2D eigenvalue weighted by Crippen LogP contribution is 2.34. The van der Waals surface area contributed by atoms with Gasteiger partial charge in [-0.1, -0.05) is 12.1 Å². The summed E-state index contributed by atoms with van der Waals surface area (Å²) >= 11 is 0.899. The van der Waals surface area contributed by atoms with Gasteiger partial charge in [-0.25, -0.2) is 9.38 Å². The predicted molar refractivity (Wildman–Crippen MR) is 107 cm³/mol. The topological polar surface area (TPSA) is 54.6 Å². The van der Waals surface area contributed by atoms with Gasteiger partial charge in [-0.05, 0) is 66.4 Å². The minimum atomic E-state index is -4.45. The molecule has 1 amide bonds. The Bertz CT molecular complexity index is 1160. The molecule has 0 atom stereocenters. The first-order chi connectivity index (χ1) is 14.3. The number of amides is 1. The predicted octanol–water partition coefficient (Wildman–Crippen LogP) is 6.63. The molecule has 4 rings (SSSR count). The van der Waals surface area contributed by atoms with Gasteiger partial charge in [-0.15, -0.1) is 0 Å². The molecule has 0 unspecified atom stereocenters. The van der Waals surface area contributed by atoms with Crippen molar-refractivity contribution in [1.82, 2.24) is 5.32 Å². The summed E-state index contributed by atoms with van der Waals surface area (Å²) in [6, 6.07) is 13.4. The third kappa shape index (κ3) is 4.46. The average Bonchev–Trinajstić information content (AvgIpc) is 3.30. The van der Waals surface area contributed by atoms with Gasteiger partial charge in [0.05, 0.1) is 16.2 Å². The minimum absolute atomic E-state index is 0.257. The lowest BCUT2D eigenvalue weighted by molar-refractivity contribution is -0.137. The summed E-state index contributed by atoms with van der Waals surface area (Å²) in [5.41, 5.74) is -0.0432. The number of carbonyl (C=O) groups excluding carboxylic acids is 1. The van der Waals surface area contributed by atoms with E-state index in [1.54, 1.807) is 18.2 Å². The smallest absolute Gasteiger partial charge is 0.416 e. The van der Waals surface area contributed by atoms with E-state index in [0.717, 1.165) is 23.9 Å². The average molecular weight is 432 g/mol. The highest BCUT2D eigenvalue weighted by molar-refractivity contribution is 8.18. The summed E-state index contributed by atoms with van der Waals surface area (Å²) < 4.78 is 57.5. The summed E-state index contributed by atoms with van der Waals surface area (Å²) in [6.07, 6.45) is -2.90. The number of alkyl halides is 3. The summed E-state index contributed by atoms with van der Waals surface area (Å²) in [5, 5.41) is 2.25. The van der Waals surface area contributed by atoms with Crippen LogP contribution in [0.1, 0.15) is 11.3 Å². The van der Waals surface area contributed by atoms with Crippen molar-refractivity contribution in [2.24, 2.45) is 4.99 Å². The van der Waals surface area contributed by atoms with E-state index in [1.807, 2.05) is 0 Å². The van der Waals surface area contributed by atoms with E-state index >= 15 is 0 Å². The van der Waals surface area contributed by atoms with E-state index in [0.29, 0.717) is 16.4 Å². The van der Waals surface area contributed by atoms with Crippen LogP contribution in [0.5, 0.6) is 0 Å². The molecule has 0 spiro atoms. The number of amidine groups is 1. The van der Waals surface area contributed by atoms with E-state index < -0.39 is 17.6 Å². The number of thioether (sulfide) groups is 1. The van der Waals surface area contributed by atoms with Crippen molar-refractivity contribution >= 4 is 34.6 Å². The minimum Gasteiger partial charge on any atom is -0.457 e. The molecule has 2 aromatic carbocycles. The Balaban J connectivity index is 1.63. The van der Waals surface area contributed by atoms with Crippen LogP contribution in [0, 0.1) is 5.82 Å². The number of hydrogen-bond acceptors (Lipinski definition) is 4. The van der Waals surface area contributed by atoms with Crippen LogP contribution in [0.25, 0.3) is 17.4 Å². The van der Waals surface area contributed by atoms with Crippen molar-refractivity contribution in [3.63, 3.8) is 0 Å². The first-order valence-electron chi connectivity index (χ1n) is 8.60. The molecule has 1 aliphatic rings. The van der Waals surface area contributed by atoms with Crippen LogP contribution in [0.3, 0.4) is 0 Å². The van der Waals surface area contributed by atoms with Gasteiger partial charge in [-0.2, -0.15) is 13.2 Å². The molecule has 3 aromatic rings. The summed E-state index contributed by atoms with van der Waals surface area (Å²) in [4.78, 5) is 16.5. The van der Waals surface area contributed by atoms with Crippen molar-refractivity contribution < 1.29 is 26.8 Å². The van der Waals surface area contributed by atoms with E-state index in [2.05, 4.69) is 10.3 Å². The number of nitrogens with one attached hydrogen (secondary N) is 1. The van der Waals surface area contributed by atoms with Crippen LogP contribution in [0.2, 0.25) is 0 Å². The lowest BCUT2D eigenvalue weighted by atomic mass is 10.1. The maximum atomic E-state index is 13.1. The van der Waals surface area contributed by atoms with Gasteiger partial charge < -0.3 is 9.73 Å². The Kier molecular flexibility index (Phi) is 5.21. The fraction of sp³-hybridized carbons (Fsp3) is 0.0476. The fourth-order valence-electron chi connectivity index (χ4n) is 2.72. The van der Waals surface area contributed by atoms with Gasteiger partial charge in [0.15, 0.2) is 0 Å². The van der Waals surface area contributed by atoms with Crippen LogP contribution < -0.4 is 5.32 Å². The number of furan rings is 1. The molecule has 1 N–H and O–H groups in total. The van der Waals surface area contributed by atoms with Gasteiger partial charge in [0, 0.05) is 5.56 Å². The Morgan fingerprint density at radius 3 is 2.53 bits per heavy atom. The Hall–Kier alpha value is -3.33. The lowest BCUT2D eigenvalue weighted by Gasteiger charge is -2.07. The molecule has 152 valence electrons. The molecule has 0 radical (unpaired) electrons. The zero-order chi connectivity index (χ0) is 21.3. The van der Waals surface area contributed by atoms with E-state index in [-0.39, 0.29) is 22.4 Å². The first kappa shape index (κ1) is 20.0. The molecular weight excluding hydrogens is 420 g/mol. The van der Waals surface area contributed by atoms with Crippen molar-refractivity contribution in [1.29, 1.82) is 0 Å². The zero-order valence-electron chi connectivity index (χ0n) is 15.0. The molecule has 0 saturated carbocycles. The number of hydrogen-bond donors (Lipinski definition) is 1. The highest BCUT2D eigenvalue weighted by atomic mass is 32.2. The maximum Gasteiger partial charge on any atom is 0.416 e. The highest BCUT2D eigenvalue weighted by Gasteiger charge is 2.30. The van der Waals surface area contributed by atoms with E-state index in [4.69, 9.17) is 4.42 Å². The molecule has 1 saturated heterocycles. The van der Waals surface area contributed by atoms with E-state index in [1.165, 1.54) is 36.4 Å². The van der Waals surface area contributed by atoms with Crippen LogP contribution in [-0.2, 0) is 6.18 Å². The Morgan fingerprint density at radius 1 is 1.03 bits per heavy atom.